The van der Waals surface area contributed by atoms with Crippen LogP contribution in [0.5, 0.6) is 0 Å². The maximum absolute atomic E-state index is 12.5. The molecule has 0 atom stereocenters. The predicted molar refractivity (Wildman–Crippen MR) is 88.9 cm³/mol. The lowest BCUT2D eigenvalue weighted by Gasteiger charge is -2.31. The third kappa shape index (κ3) is 3.50. The molecule has 3 rings (SSSR count). The van der Waals surface area contributed by atoms with Crippen molar-refractivity contribution in [2.45, 2.75) is 25.8 Å². The summed E-state index contributed by atoms with van der Waals surface area (Å²) in [6.07, 6.45) is 5.43. The van der Waals surface area contributed by atoms with Crippen molar-refractivity contribution in [3.8, 4) is 0 Å². The van der Waals surface area contributed by atoms with E-state index in [0.717, 1.165) is 37.0 Å². The normalized spacial score (nSPS) is 15.7. The molecule has 0 saturated carbocycles. The summed E-state index contributed by atoms with van der Waals surface area (Å²) in [5.74, 6) is 0.583. The Labute approximate surface area is 135 Å². The predicted octanol–water partition coefficient (Wildman–Crippen LogP) is 2.42. The third-order valence-corrected chi connectivity index (χ3v) is 4.52. The number of ketones is 1. The van der Waals surface area contributed by atoms with Crippen LogP contribution in [-0.2, 0) is 16.1 Å². The van der Waals surface area contributed by atoms with Crippen molar-refractivity contribution in [3.05, 3.63) is 43.2 Å². The van der Waals surface area contributed by atoms with Crippen LogP contribution in [0.2, 0.25) is 0 Å². The molecule has 0 bridgehead atoms. The zero-order valence-corrected chi connectivity index (χ0v) is 13.1. The Morgan fingerprint density at radius 1 is 1.26 bits per heavy atom. The molecule has 5 heteroatoms. The molecule has 1 saturated heterocycles. The average Bonchev–Trinajstić information content (AvgIpc) is 2.98. The summed E-state index contributed by atoms with van der Waals surface area (Å²) in [4.78, 5) is 30.1. The van der Waals surface area contributed by atoms with E-state index in [0.29, 0.717) is 18.9 Å². The van der Waals surface area contributed by atoms with Gasteiger partial charge in [-0.25, -0.2) is 4.98 Å². The molecule has 2 heterocycles. The van der Waals surface area contributed by atoms with Crippen LogP contribution in [0.1, 0.15) is 19.3 Å². The van der Waals surface area contributed by atoms with Gasteiger partial charge in [0.1, 0.15) is 6.54 Å². The van der Waals surface area contributed by atoms with Gasteiger partial charge < -0.3 is 9.47 Å². The smallest absolute Gasteiger partial charge is 0.242 e. The number of carbonyl (C=O) groups excluding carboxylic acids is 2. The number of carbonyl (C=O) groups is 2. The molecule has 0 aliphatic carbocycles. The first kappa shape index (κ1) is 15.5. The molecule has 0 N–H and O–H groups in total. The number of allylic oxidation sites excluding steroid dienone is 1. The lowest BCUT2D eigenvalue weighted by molar-refractivity contribution is -0.133. The quantitative estimate of drug-likeness (QED) is 0.797. The van der Waals surface area contributed by atoms with Gasteiger partial charge in [-0.1, -0.05) is 18.7 Å². The number of piperidine rings is 1. The second-order valence-electron chi connectivity index (χ2n) is 6.06. The average molecular weight is 311 g/mol. The second-order valence-corrected chi connectivity index (χ2v) is 6.06. The first-order valence-electron chi connectivity index (χ1n) is 8.00. The van der Waals surface area contributed by atoms with Crippen LogP contribution in [0.3, 0.4) is 0 Å². The van der Waals surface area contributed by atoms with Crippen molar-refractivity contribution in [3.63, 3.8) is 0 Å². The molecule has 1 aliphatic heterocycles. The number of para-hydroxylation sites is 2. The Kier molecular flexibility index (Phi) is 4.55. The fraction of sp³-hybridized carbons (Fsp3) is 0.389. The number of aromatic nitrogens is 2. The summed E-state index contributed by atoms with van der Waals surface area (Å²) >= 11 is 0. The van der Waals surface area contributed by atoms with Crippen molar-refractivity contribution in [1.82, 2.24) is 14.5 Å². The van der Waals surface area contributed by atoms with Crippen molar-refractivity contribution >= 4 is 22.7 Å². The van der Waals surface area contributed by atoms with E-state index >= 15 is 0 Å². The van der Waals surface area contributed by atoms with Gasteiger partial charge in [-0.15, -0.1) is 0 Å². The Bertz CT molecular complexity index is 727. The van der Waals surface area contributed by atoms with Gasteiger partial charge in [-0.3, -0.25) is 9.59 Å². The zero-order valence-electron chi connectivity index (χ0n) is 13.1. The van der Waals surface area contributed by atoms with Crippen LogP contribution >= 0.6 is 0 Å². The van der Waals surface area contributed by atoms with E-state index in [9.17, 15) is 9.59 Å². The van der Waals surface area contributed by atoms with Crippen LogP contribution in [-0.4, -0.2) is 39.2 Å². The maximum atomic E-state index is 12.5. The molecule has 0 unspecified atom stereocenters. The number of hydrogen-bond donors (Lipinski definition) is 0. The first-order chi connectivity index (χ1) is 11.2. The second kappa shape index (κ2) is 6.77. The lowest BCUT2D eigenvalue weighted by Crippen LogP contribution is -2.40. The highest BCUT2D eigenvalue weighted by Crippen LogP contribution is 2.21. The molecule has 1 fully saturated rings. The molecular weight excluding hydrogens is 290 g/mol. The first-order valence-corrected chi connectivity index (χ1v) is 8.00. The van der Waals surface area contributed by atoms with E-state index in [2.05, 4.69) is 11.6 Å². The molecule has 23 heavy (non-hydrogen) atoms. The van der Waals surface area contributed by atoms with Gasteiger partial charge >= 0.3 is 0 Å². The molecule has 0 radical (unpaired) electrons. The van der Waals surface area contributed by atoms with Gasteiger partial charge in [0.15, 0.2) is 5.78 Å². The minimum absolute atomic E-state index is 0.0969. The molecule has 1 aromatic heterocycles. The van der Waals surface area contributed by atoms with Crippen LogP contribution < -0.4 is 0 Å². The molecule has 5 nitrogen and oxygen atoms in total. The van der Waals surface area contributed by atoms with Gasteiger partial charge in [0.2, 0.25) is 5.91 Å². The topological polar surface area (TPSA) is 55.2 Å². The molecule has 1 amide bonds. The van der Waals surface area contributed by atoms with Crippen molar-refractivity contribution < 1.29 is 9.59 Å². The zero-order chi connectivity index (χ0) is 16.2. The van der Waals surface area contributed by atoms with Crippen LogP contribution in [0.25, 0.3) is 11.0 Å². The van der Waals surface area contributed by atoms with Gasteiger partial charge in [0, 0.05) is 19.5 Å². The fourth-order valence-corrected chi connectivity index (χ4v) is 3.14. The number of rotatable bonds is 5. The monoisotopic (exact) mass is 311 g/mol. The number of imidazole rings is 1. The van der Waals surface area contributed by atoms with Crippen molar-refractivity contribution in [2.24, 2.45) is 5.92 Å². The summed E-state index contributed by atoms with van der Waals surface area (Å²) in [6, 6.07) is 7.81. The summed E-state index contributed by atoms with van der Waals surface area (Å²) in [5.41, 5.74) is 1.88. The van der Waals surface area contributed by atoms with Gasteiger partial charge in [0.25, 0.3) is 0 Å². The maximum Gasteiger partial charge on any atom is 0.242 e. The number of nitrogens with zero attached hydrogens (tertiary/aromatic N) is 3. The van der Waals surface area contributed by atoms with Gasteiger partial charge in [-0.2, -0.15) is 0 Å². The number of fused-ring (bicyclic) bond motifs is 1. The molecule has 0 spiro atoms. The van der Waals surface area contributed by atoms with Gasteiger partial charge in [0.05, 0.1) is 17.4 Å². The SMILES string of the molecule is C=CC(=O)CC1CCN(C(=O)Cn2cnc3ccccc32)CC1. The highest BCUT2D eigenvalue weighted by atomic mass is 16.2. The van der Waals surface area contributed by atoms with Gasteiger partial charge in [-0.05, 0) is 37.0 Å². The van der Waals surface area contributed by atoms with Crippen molar-refractivity contribution in [1.29, 1.82) is 0 Å². The van der Waals surface area contributed by atoms with Crippen LogP contribution in [0, 0.1) is 5.92 Å². The molecule has 2 aromatic rings. The van der Waals surface area contributed by atoms with E-state index in [1.165, 1.54) is 6.08 Å². The van der Waals surface area contributed by atoms with Crippen LogP contribution in [0.4, 0.5) is 0 Å². The van der Waals surface area contributed by atoms with E-state index in [-0.39, 0.29) is 11.7 Å². The van der Waals surface area contributed by atoms with E-state index in [1.54, 1.807) is 6.33 Å². The largest absolute Gasteiger partial charge is 0.341 e. The fourth-order valence-electron chi connectivity index (χ4n) is 3.14. The number of likely N-dealkylation sites (tertiary alicyclic amines) is 1. The number of benzene rings is 1. The number of hydrogen-bond acceptors (Lipinski definition) is 3. The molecule has 120 valence electrons. The Hall–Kier alpha value is -2.43. The standard InChI is InChI=1S/C18H21N3O2/c1-2-15(22)11-14-7-9-20(10-8-14)18(23)12-21-13-19-16-5-3-4-6-17(16)21/h2-6,13-14H,1,7-12H2. The summed E-state index contributed by atoms with van der Waals surface area (Å²) in [7, 11) is 0. The molecule has 1 aromatic carbocycles. The number of amides is 1. The Morgan fingerprint density at radius 3 is 2.74 bits per heavy atom. The molecule has 1 aliphatic rings. The Balaban J connectivity index is 1.57. The van der Waals surface area contributed by atoms with E-state index < -0.39 is 0 Å². The highest BCUT2D eigenvalue weighted by molar-refractivity contribution is 5.89. The van der Waals surface area contributed by atoms with E-state index in [4.69, 9.17) is 0 Å². The van der Waals surface area contributed by atoms with Crippen LogP contribution in [0.15, 0.2) is 43.2 Å². The van der Waals surface area contributed by atoms with E-state index in [1.807, 2.05) is 33.7 Å². The summed E-state index contributed by atoms with van der Waals surface area (Å²) < 4.78 is 1.89. The summed E-state index contributed by atoms with van der Waals surface area (Å²) in [5, 5.41) is 0. The lowest BCUT2D eigenvalue weighted by atomic mass is 9.91. The molecular formula is C18H21N3O2. The Morgan fingerprint density at radius 2 is 2.00 bits per heavy atom. The highest BCUT2D eigenvalue weighted by Gasteiger charge is 2.24. The third-order valence-electron chi connectivity index (χ3n) is 4.52. The summed E-state index contributed by atoms with van der Waals surface area (Å²) in [6.45, 7) is 5.27. The minimum Gasteiger partial charge on any atom is -0.341 e. The minimum atomic E-state index is 0.0969. The van der Waals surface area contributed by atoms with Crippen molar-refractivity contribution in [2.75, 3.05) is 13.1 Å².